The third-order valence-electron chi connectivity index (χ3n) is 5.94. The average Bonchev–Trinajstić information content (AvgIpc) is 3.50. The molecule has 2 atom stereocenters. The number of aliphatic imine (C=N–C) groups is 1. The molecule has 182 valence electrons. The van der Waals surface area contributed by atoms with Crippen LogP contribution in [0.5, 0.6) is 5.75 Å². The smallest absolute Gasteiger partial charge is 0.262 e. The molecule has 3 aromatic rings. The van der Waals surface area contributed by atoms with Crippen LogP contribution >= 0.6 is 23.4 Å². The van der Waals surface area contributed by atoms with E-state index in [4.69, 9.17) is 21.4 Å². The van der Waals surface area contributed by atoms with Gasteiger partial charge in [0.25, 0.3) is 5.91 Å². The number of carbonyl (C=O) groups excluding carboxylic acids is 2. The second-order valence-corrected chi connectivity index (χ2v) is 9.95. The number of thioether (sulfide) groups is 1. The Hall–Kier alpha value is -3.62. The summed E-state index contributed by atoms with van der Waals surface area (Å²) >= 11 is 7.18. The maximum absolute atomic E-state index is 12.8. The molecule has 2 heterocycles. The van der Waals surface area contributed by atoms with Crippen molar-refractivity contribution in [1.29, 1.82) is 0 Å². The van der Waals surface area contributed by atoms with E-state index in [-0.39, 0.29) is 24.3 Å². The summed E-state index contributed by atoms with van der Waals surface area (Å²) in [4.78, 5) is 29.6. The fraction of sp³-hybridized carbons (Fsp3) is 0.185. The molecular weight excluding hydrogens is 496 g/mol. The van der Waals surface area contributed by atoms with Crippen LogP contribution in [0.15, 0.2) is 89.0 Å². The molecule has 2 aliphatic rings. The number of halogens is 1. The predicted octanol–water partition coefficient (Wildman–Crippen LogP) is 5.53. The van der Waals surface area contributed by atoms with E-state index < -0.39 is 5.25 Å². The van der Waals surface area contributed by atoms with Crippen LogP contribution in [0.1, 0.15) is 30.0 Å². The first-order chi connectivity index (χ1) is 17.5. The summed E-state index contributed by atoms with van der Waals surface area (Å²) < 4.78 is 5.30. The van der Waals surface area contributed by atoms with Gasteiger partial charge in [-0.3, -0.25) is 9.59 Å². The fourth-order valence-electron chi connectivity index (χ4n) is 4.10. The zero-order chi connectivity index (χ0) is 25.1. The van der Waals surface area contributed by atoms with Crippen molar-refractivity contribution in [2.75, 3.05) is 12.4 Å². The standard InChI is InChI=1S/C27H23ClN4O3S/c1-35-21-13-7-18(8-14-21)23-15-22(17-5-3-2-4-6-17)31-32(23)27-30-26(34)24(36-27)16-25(33)29-20-11-9-19(28)10-12-20/h2-14,23-24H,15-16H2,1H3,(H,29,33)/t23-,24+/m1/s1. The molecule has 0 radical (unpaired) electrons. The van der Waals surface area contributed by atoms with Gasteiger partial charge in [-0.25, -0.2) is 5.01 Å². The van der Waals surface area contributed by atoms with Crippen molar-refractivity contribution in [3.05, 3.63) is 95.0 Å². The monoisotopic (exact) mass is 518 g/mol. The van der Waals surface area contributed by atoms with Crippen molar-refractivity contribution in [3.8, 4) is 5.75 Å². The number of benzene rings is 3. The Morgan fingerprint density at radius 2 is 1.81 bits per heavy atom. The highest BCUT2D eigenvalue weighted by molar-refractivity contribution is 8.15. The molecule has 0 saturated carbocycles. The van der Waals surface area contributed by atoms with Crippen LogP contribution < -0.4 is 10.1 Å². The van der Waals surface area contributed by atoms with E-state index in [9.17, 15) is 9.59 Å². The molecule has 0 spiro atoms. The lowest BCUT2D eigenvalue weighted by atomic mass is 9.98. The lowest BCUT2D eigenvalue weighted by Crippen LogP contribution is -2.25. The van der Waals surface area contributed by atoms with Gasteiger partial charge in [-0.2, -0.15) is 10.1 Å². The Bertz CT molecular complexity index is 1330. The number of methoxy groups -OCH3 is 1. The molecule has 0 bridgehead atoms. The molecular formula is C27H23ClN4O3S. The lowest BCUT2D eigenvalue weighted by molar-refractivity contribution is -0.121. The van der Waals surface area contributed by atoms with Gasteiger partial charge >= 0.3 is 0 Å². The van der Waals surface area contributed by atoms with E-state index in [1.54, 1.807) is 31.4 Å². The molecule has 36 heavy (non-hydrogen) atoms. The fourth-order valence-corrected chi connectivity index (χ4v) is 5.28. The van der Waals surface area contributed by atoms with Crippen LogP contribution in [-0.4, -0.2) is 40.1 Å². The number of carbonyl (C=O) groups is 2. The topological polar surface area (TPSA) is 83.4 Å². The van der Waals surface area contributed by atoms with Gasteiger partial charge in [0.05, 0.1) is 18.9 Å². The zero-order valence-electron chi connectivity index (χ0n) is 19.4. The molecule has 5 rings (SSSR count). The molecule has 7 nitrogen and oxygen atoms in total. The minimum Gasteiger partial charge on any atom is -0.497 e. The number of ether oxygens (including phenoxy) is 1. The molecule has 2 aliphatic heterocycles. The minimum atomic E-state index is -0.611. The van der Waals surface area contributed by atoms with Crippen LogP contribution in [-0.2, 0) is 9.59 Å². The maximum Gasteiger partial charge on any atom is 0.262 e. The van der Waals surface area contributed by atoms with Gasteiger partial charge in [-0.15, -0.1) is 0 Å². The van der Waals surface area contributed by atoms with Gasteiger partial charge in [0.1, 0.15) is 11.0 Å². The highest BCUT2D eigenvalue weighted by Crippen LogP contribution is 2.39. The largest absolute Gasteiger partial charge is 0.497 e. The summed E-state index contributed by atoms with van der Waals surface area (Å²) in [5.41, 5.74) is 3.59. The molecule has 2 amide bonds. The summed E-state index contributed by atoms with van der Waals surface area (Å²) in [6, 6.07) is 24.5. The Morgan fingerprint density at radius 3 is 2.50 bits per heavy atom. The Labute approximate surface area is 218 Å². The molecule has 3 aromatic carbocycles. The molecule has 1 N–H and O–H groups in total. The third kappa shape index (κ3) is 5.29. The highest BCUT2D eigenvalue weighted by Gasteiger charge is 2.39. The van der Waals surface area contributed by atoms with Crippen molar-refractivity contribution in [2.45, 2.75) is 24.1 Å². The number of hydrogen-bond acceptors (Lipinski definition) is 6. The minimum absolute atomic E-state index is 0.00935. The van der Waals surface area contributed by atoms with E-state index >= 15 is 0 Å². The number of anilines is 1. The van der Waals surface area contributed by atoms with Gasteiger partial charge in [0.2, 0.25) is 5.91 Å². The van der Waals surface area contributed by atoms with Crippen LogP contribution in [0.25, 0.3) is 0 Å². The van der Waals surface area contributed by atoms with Crippen molar-refractivity contribution in [1.82, 2.24) is 5.01 Å². The molecule has 0 aromatic heterocycles. The predicted molar refractivity (Wildman–Crippen MR) is 144 cm³/mol. The summed E-state index contributed by atoms with van der Waals surface area (Å²) in [6.07, 6.45) is 0.668. The quantitative estimate of drug-likeness (QED) is 0.464. The Morgan fingerprint density at radius 1 is 1.08 bits per heavy atom. The number of hydrazone groups is 1. The second kappa shape index (κ2) is 10.6. The van der Waals surface area contributed by atoms with Crippen molar-refractivity contribution in [2.24, 2.45) is 10.1 Å². The van der Waals surface area contributed by atoms with Crippen LogP contribution in [0, 0.1) is 0 Å². The average molecular weight is 519 g/mol. The first kappa shape index (κ1) is 24.1. The number of amidine groups is 1. The van der Waals surface area contributed by atoms with E-state index in [0.29, 0.717) is 22.3 Å². The van der Waals surface area contributed by atoms with Gasteiger partial charge in [0, 0.05) is 23.6 Å². The number of rotatable bonds is 6. The Balaban J connectivity index is 1.34. The van der Waals surface area contributed by atoms with Crippen molar-refractivity contribution < 1.29 is 14.3 Å². The summed E-state index contributed by atoms with van der Waals surface area (Å²) in [7, 11) is 1.63. The normalized spacial score (nSPS) is 19.2. The number of nitrogens with zero attached hydrogens (tertiary/aromatic N) is 3. The summed E-state index contributed by atoms with van der Waals surface area (Å²) in [5.74, 6) is 0.168. The van der Waals surface area contributed by atoms with E-state index in [1.165, 1.54) is 11.8 Å². The van der Waals surface area contributed by atoms with Gasteiger partial charge in [-0.1, -0.05) is 65.8 Å². The van der Waals surface area contributed by atoms with Crippen LogP contribution in [0.3, 0.4) is 0 Å². The first-order valence-corrected chi connectivity index (χ1v) is 12.7. The molecule has 9 heteroatoms. The third-order valence-corrected chi connectivity index (χ3v) is 7.34. The lowest BCUT2D eigenvalue weighted by Gasteiger charge is -2.23. The summed E-state index contributed by atoms with van der Waals surface area (Å²) in [6.45, 7) is 0. The number of hydrogen-bond donors (Lipinski definition) is 1. The molecule has 0 aliphatic carbocycles. The van der Waals surface area contributed by atoms with E-state index in [0.717, 1.165) is 22.6 Å². The first-order valence-electron chi connectivity index (χ1n) is 11.4. The maximum atomic E-state index is 12.8. The van der Waals surface area contributed by atoms with Crippen molar-refractivity contribution in [3.63, 3.8) is 0 Å². The van der Waals surface area contributed by atoms with E-state index in [1.807, 2.05) is 59.6 Å². The Kier molecular flexibility index (Phi) is 7.06. The van der Waals surface area contributed by atoms with E-state index in [2.05, 4.69) is 10.3 Å². The second-order valence-electron chi connectivity index (χ2n) is 8.35. The van der Waals surface area contributed by atoms with Crippen LogP contribution in [0.2, 0.25) is 5.02 Å². The van der Waals surface area contributed by atoms with Gasteiger partial charge in [0.15, 0.2) is 5.17 Å². The number of nitrogens with one attached hydrogen (secondary N) is 1. The van der Waals surface area contributed by atoms with Gasteiger partial charge in [-0.05, 0) is 47.5 Å². The molecule has 0 unspecified atom stereocenters. The number of amides is 2. The highest BCUT2D eigenvalue weighted by atomic mass is 35.5. The zero-order valence-corrected chi connectivity index (χ0v) is 21.0. The van der Waals surface area contributed by atoms with Crippen molar-refractivity contribution >= 4 is 51.7 Å². The summed E-state index contributed by atoms with van der Waals surface area (Å²) in [5, 5.41) is 9.95. The molecule has 0 fully saturated rings. The van der Waals surface area contributed by atoms with Crippen LogP contribution in [0.4, 0.5) is 5.69 Å². The molecule has 0 saturated heterocycles. The van der Waals surface area contributed by atoms with Gasteiger partial charge < -0.3 is 10.1 Å². The SMILES string of the molecule is COc1ccc([C@H]2CC(c3ccccc3)=NN2C2=NC(=O)[C@H](CC(=O)Nc3ccc(Cl)cc3)S2)cc1.